The summed E-state index contributed by atoms with van der Waals surface area (Å²) in [6.07, 6.45) is 12.7. The van der Waals surface area contributed by atoms with Crippen molar-refractivity contribution in [2.75, 3.05) is 26.4 Å². The Kier molecular flexibility index (Phi) is 18.2. The van der Waals surface area contributed by atoms with E-state index in [0.29, 0.717) is 19.8 Å². The van der Waals surface area contributed by atoms with Gasteiger partial charge in [0.1, 0.15) is 0 Å². The van der Waals surface area contributed by atoms with Crippen molar-refractivity contribution in [2.45, 2.75) is 90.8 Å². The predicted molar refractivity (Wildman–Crippen MR) is 96.3 cm³/mol. The molecular weight excluding hydrogens is 308 g/mol. The number of unbranched alkanes of at least 4 members (excludes halogenated alkanes) is 10. The van der Waals surface area contributed by atoms with E-state index in [1.54, 1.807) is 0 Å². The van der Waals surface area contributed by atoms with E-state index in [4.69, 9.17) is 19.3 Å². The van der Waals surface area contributed by atoms with Crippen LogP contribution in [0.25, 0.3) is 0 Å². The molecule has 0 saturated carbocycles. The zero-order valence-electron chi connectivity index (χ0n) is 15.8. The first-order chi connectivity index (χ1) is 11.7. The molecule has 0 radical (unpaired) electrons. The molecule has 0 amide bonds. The summed E-state index contributed by atoms with van der Waals surface area (Å²) in [6, 6.07) is 0. The summed E-state index contributed by atoms with van der Waals surface area (Å²) in [7, 11) is 0. The second-order valence-electron chi connectivity index (χ2n) is 6.14. The summed E-state index contributed by atoms with van der Waals surface area (Å²) in [4.78, 5) is 11.0. The van der Waals surface area contributed by atoms with Crippen LogP contribution in [0.2, 0.25) is 0 Å². The van der Waals surface area contributed by atoms with Gasteiger partial charge in [-0.25, -0.2) is 4.79 Å². The van der Waals surface area contributed by atoms with Crippen LogP contribution in [0.3, 0.4) is 0 Å². The van der Waals surface area contributed by atoms with E-state index in [-0.39, 0.29) is 6.61 Å². The van der Waals surface area contributed by atoms with Gasteiger partial charge in [-0.3, -0.25) is 0 Å². The summed E-state index contributed by atoms with van der Waals surface area (Å²) >= 11 is 0. The SMILES string of the molecule is CCCCCCCCCCCCCOC(OCCOCC)C(=O)O. The van der Waals surface area contributed by atoms with Gasteiger partial charge in [0.25, 0.3) is 6.29 Å². The number of carbonyl (C=O) groups is 1. The van der Waals surface area contributed by atoms with Crippen LogP contribution < -0.4 is 0 Å². The van der Waals surface area contributed by atoms with Crippen molar-refractivity contribution in [1.29, 1.82) is 0 Å². The van der Waals surface area contributed by atoms with Gasteiger partial charge < -0.3 is 19.3 Å². The fourth-order valence-electron chi connectivity index (χ4n) is 2.51. The van der Waals surface area contributed by atoms with Crippen molar-refractivity contribution >= 4 is 5.97 Å². The van der Waals surface area contributed by atoms with E-state index >= 15 is 0 Å². The van der Waals surface area contributed by atoms with Crippen LogP contribution >= 0.6 is 0 Å². The molecule has 1 atom stereocenters. The highest BCUT2D eigenvalue weighted by molar-refractivity contribution is 5.70. The number of ether oxygens (including phenoxy) is 3. The summed E-state index contributed by atoms with van der Waals surface area (Å²) in [5, 5.41) is 9.02. The predicted octanol–water partition coefficient (Wildman–Crippen LogP) is 4.78. The average Bonchev–Trinajstić information content (AvgIpc) is 2.57. The van der Waals surface area contributed by atoms with Gasteiger partial charge >= 0.3 is 5.97 Å². The van der Waals surface area contributed by atoms with Gasteiger partial charge in [-0.15, -0.1) is 0 Å². The maximum Gasteiger partial charge on any atom is 0.361 e. The fraction of sp³-hybridized carbons (Fsp3) is 0.947. The van der Waals surface area contributed by atoms with E-state index in [1.807, 2.05) is 6.92 Å². The Labute approximate surface area is 148 Å². The highest BCUT2D eigenvalue weighted by Gasteiger charge is 2.18. The minimum absolute atomic E-state index is 0.239. The van der Waals surface area contributed by atoms with Crippen molar-refractivity contribution in [2.24, 2.45) is 0 Å². The third-order valence-electron chi connectivity index (χ3n) is 3.92. The molecule has 24 heavy (non-hydrogen) atoms. The van der Waals surface area contributed by atoms with E-state index < -0.39 is 12.3 Å². The normalized spacial score (nSPS) is 12.4. The molecule has 5 heteroatoms. The number of rotatable bonds is 19. The van der Waals surface area contributed by atoms with Crippen LogP contribution in [0.5, 0.6) is 0 Å². The summed E-state index contributed by atoms with van der Waals surface area (Å²) in [5.74, 6) is -1.07. The first-order valence-corrected chi connectivity index (χ1v) is 9.76. The van der Waals surface area contributed by atoms with E-state index in [0.717, 1.165) is 12.8 Å². The Morgan fingerprint density at radius 3 is 1.75 bits per heavy atom. The van der Waals surface area contributed by atoms with Crippen molar-refractivity contribution in [3.05, 3.63) is 0 Å². The van der Waals surface area contributed by atoms with Crippen LogP contribution in [0.4, 0.5) is 0 Å². The van der Waals surface area contributed by atoms with E-state index in [1.165, 1.54) is 57.8 Å². The molecule has 0 rings (SSSR count). The molecule has 0 heterocycles. The lowest BCUT2D eigenvalue weighted by Gasteiger charge is -2.14. The molecule has 0 aromatic rings. The molecule has 5 nitrogen and oxygen atoms in total. The smallest absolute Gasteiger partial charge is 0.361 e. The van der Waals surface area contributed by atoms with Crippen LogP contribution in [-0.4, -0.2) is 43.8 Å². The van der Waals surface area contributed by atoms with Gasteiger partial charge in [0.05, 0.1) is 19.8 Å². The molecule has 0 aromatic carbocycles. The summed E-state index contributed by atoms with van der Waals surface area (Å²) in [6.45, 7) is 5.79. The molecule has 1 unspecified atom stereocenters. The van der Waals surface area contributed by atoms with E-state index in [9.17, 15) is 4.79 Å². The van der Waals surface area contributed by atoms with Crippen LogP contribution in [0, 0.1) is 0 Å². The van der Waals surface area contributed by atoms with Crippen molar-refractivity contribution in [3.63, 3.8) is 0 Å². The van der Waals surface area contributed by atoms with Crippen molar-refractivity contribution < 1.29 is 24.1 Å². The van der Waals surface area contributed by atoms with E-state index in [2.05, 4.69) is 6.92 Å². The number of carboxylic acids is 1. The summed E-state index contributed by atoms with van der Waals surface area (Å²) in [5.41, 5.74) is 0. The van der Waals surface area contributed by atoms with Crippen LogP contribution in [-0.2, 0) is 19.0 Å². The first kappa shape index (κ1) is 23.4. The summed E-state index contributed by atoms with van der Waals surface area (Å²) < 4.78 is 15.6. The molecule has 0 spiro atoms. The molecule has 0 aliphatic heterocycles. The zero-order valence-corrected chi connectivity index (χ0v) is 15.8. The number of hydrogen-bond donors (Lipinski definition) is 1. The van der Waals surface area contributed by atoms with Gasteiger partial charge in [0, 0.05) is 6.61 Å². The molecule has 0 aromatic heterocycles. The lowest BCUT2D eigenvalue weighted by molar-refractivity contribution is -0.192. The minimum Gasteiger partial charge on any atom is -0.477 e. The highest BCUT2D eigenvalue weighted by atomic mass is 16.7. The van der Waals surface area contributed by atoms with Gasteiger partial charge in [0.2, 0.25) is 0 Å². The lowest BCUT2D eigenvalue weighted by Crippen LogP contribution is -2.29. The minimum atomic E-state index is -1.17. The average molecular weight is 347 g/mol. The molecule has 0 aliphatic carbocycles. The number of aliphatic carboxylic acids is 1. The molecule has 0 bridgehead atoms. The zero-order chi connectivity index (χ0) is 17.9. The Morgan fingerprint density at radius 1 is 0.750 bits per heavy atom. The molecule has 1 N–H and O–H groups in total. The second-order valence-corrected chi connectivity index (χ2v) is 6.14. The van der Waals surface area contributed by atoms with Crippen molar-refractivity contribution in [1.82, 2.24) is 0 Å². The van der Waals surface area contributed by atoms with Gasteiger partial charge in [-0.2, -0.15) is 0 Å². The molecule has 0 fully saturated rings. The molecule has 0 saturated heterocycles. The largest absolute Gasteiger partial charge is 0.477 e. The first-order valence-electron chi connectivity index (χ1n) is 9.76. The Bertz CT molecular complexity index is 270. The number of hydrogen-bond acceptors (Lipinski definition) is 4. The topological polar surface area (TPSA) is 65.0 Å². The fourth-order valence-corrected chi connectivity index (χ4v) is 2.51. The third-order valence-corrected chi connectivity index (χ3v) is 3.92. The lowest BCUT2D eigenvalue weighted by atomic mass is 10.1. The number of carboxylic acid groups (broad SMARTS) is 1. The maximum atomic E-state index is 11.0. The maximum absolute atomic E-state index is 11.0. The van der Waals surface area contributed by atoms with Crippen LogP contribution in [0.15, 0.2) is 0 Å². The second kappa shape index (κ2) is 18.7. The Hall–Kier alpha value is -0.650. The highest BCUT2D eigenvalue weighted by Crippen LogP contribution is 2.11. The van der Waals surface area contributed by atoms with Crippen molar-refractivity contribution in [3.8, 4) is 0 Å². The monoisotopic (exact) mass is 346 g/mol. The van der Waals surface area contributed by atoms with Crippen LogP contribution in [0.1, 0.15) is 84.5 Å². The van der Waals surface area contributed by atoms with Gasteiger partial charge in [0.15, 0.2) is 0 Å². The molecule has 0 aliphatic rings. The Morgan fingerprint density at radius 2 is 1.25 bits per heavy atom. The van der Waals surface area contributed by atoms with Gasteiger partial charge in [-0.1, -0.05) is 71.1 Å². The Balaban J connectivity index is 3.37. The molecule has 144 valence electrons. The van der Waals surface area contributed by atoms with Gasteiger partial charge in [-0.05, 0) is 13.3 Å². The third kappa shape index (κ3) is 16.2. The molecular formula is C19H38O5. The quantitative estimate of drug-likeness (QED) is 0.269. The standard InChI is InChI=1S/C19H38O5/c1-3-5-6-7-8-9-10-11-12-13-14-15-23-19(18(20)21)24-17-16-22-4-2/h19H,3-17H2,1-2H3,(H,20,21).